The first-order chi connectivity index (χ1) is 15.0. The van der Waals surface area contributed by atoms with Crippen molar-refractivity contribution in [3.63, 3.8) is 0 Å². The topological polar surface area (TPSA) is 86.5 Å². The van der Waals surface area contributed by atoms with E-state index in [9.17, 15) is 4.39 Å². The first-order valence-corrected chi connectivity index (χ1v) is 9.62. The summed E-state index contributed by atoms with van der Waals surface area (Å²) in [4.78, 5) is 12.4. The highest BCUT2D eigenvalue weighted by atomic mass is 19.1. The van der Waals surface area contributed by atoms with Crippen LogP contribution in [0, 0.1) is 31.1 Å². The van der Waals surface area contributed by atoms with E-state index in [1.165, 1.54) is 12.3 Å². The molecule has 4 rings (SSSR count). The van der Waals surface area contributed by atoms with Crippen LogP contribution in [0.3, 0.4) is 0 Å². The SMILES string of the molecule is Cc1cc(-c2ccnc(F)c2)cc(C)c1Nc1ccnc(Nc2ccc(C#N)cc2)n1. The Labute approximate surface area is 179 Å². The number of nitriles is 1. The molecule has 0 aliphatic carbocycles. The molecule has 2 N–H and O–H groups in total. The number of hydrogen-bond donors (Lipinski definition) is 2. The fraction of sp³-hybridized carbons (Fsp3) is 0.0833. The summed E-state index contributed by atoms with van der Waals surface area (Å²) in [5.41, 5.74) is 6.03. The average molecular weight is 410 g/mol. The Morgan fingerprint density at radius 2 is 1.55 bits per heavy atom. The maximum atomic E-state index is 13.5. The number of pyridine rings is 1. The van der Waals surface area contributed by atoms with Crippen LogP contribution < -0.4 is 10.6 Å². The van der Waals surface area contributed by atoms with E-state index >= 15 is 0 Å². The van der Waals surface area contributed by atoms with Crippen LogP contribution in [0.1, 0.15) is 16.7 Å². The van der Waals surface area contributed by atoms with Gasteiger partial charge in [-0.25, -0.2) is 9.97 Å². The van der Waals surface area contributed by atoms with Crippen LogP contribution in [-0.4, -0.2) is 15.0 Å². The molecule has 152 valence electrons. The van der Waals surface area contributed by atoms with Crippen molar-refractivity contribution >= 4 is 23.1 Å². The largest absolute Gasteiger partial charge is 0.340 e. The Morgan fingerprint density at radius 3 is 2.23 bits per heavy atom. The van der Waals surface area contributed by atoms with Gasteiger partial charge in [-0.1, -0.05) is 0 Å². The van der Waals surface area contributed by atoms with E-state index < -0.39 is 5.95 Å². The monoisotopic (exact) mass is 410 g/mol. The number of rotatable bonds is 5. The van der Waals surface area contributed by atoms with E-state index in [1.807, 2.05) is 26.0 Å². The van der Waals surface area contributed by atoms with Gasteiger partial charge >= 0.3 is 0 Å². The fourth-order valence-electron chi connectivity index (χ4n) is 3.28. The minimum Gasteiger partial charge on any atom is -0.340 e. The summed E-state index contributed by atoms with van der Waals surface area (Å²) in [6, 6.07) is 18.2. The molecule has 4 aromatic rings. The Morgan fingerprint density at radius 1 is 0.839 bits per heavy atom. The molecule has 0 radical (unpaired) electrons. The van der Waals surface area contributed by atoms with E-state index in [0.717, 1.165) is 33.6 Å². The zero-order chi connectivity index (χ0) is 21.8. The zero-order valence-electron chi connectivity index (χ0n) is 17.0. The zero-order valence-corrected chi connectivity index (χ0v) is 17.0. The molecular formula is C24H19FN6. The summed E-state index contributed by atoms with van der Waals surface area (Å²) in [6.45, 7) is 3.99. The Balaban J connectivity index is 1.56. The molecule has 2 aromatic heterocycles. The second kappa shape index (κ2) is 8.59. The van der Waals surface area contributed by atoms with Crippen molar-refractivity contribution in [1.29, 1.82) is 5.26 Å². The summed E-state index contributed by atoms with van der Waals surface area (Å²) in [5.74, 6) is 0.576. The molecule has 0 aliphatic rings. The van der Waals surface area contributed by atoms with Gasteiger partial charge in [0.2, 0.25) is 11.9 Å². The van der Waals surface area contributed by atoms with Gasteiger partial charge in [-0.15, -0.1) is 0 Å². The van der Waals surface area contributed by atoms with Crippen LogP contribution in [0.4, 0.5) is 27.5 Å². The number of hydrogen-bond acceptors (Lipinski definition) is 6. The number of aromatic nitrogens is 3. The van der Waals surface area contributed by atoms with E-state index in [2.05, 4.69) is 31.7 Å². The van der Waals surface area contributed by atoms with E-state index in [4.69, 9.17) is 5.26 Å². The van der Waals surface area contributed by atoms with Crippen molar-refractivity contribution in [2.24, 2.45) is 0 Å². The Bertz CT molecular complexity index is 1250. The van der Waals surface area contributed by atoms with Gasteiger partial charge in [-0.3, -0.25) is 0 Å². The third-order valence-electron chi connectivity index (χ3n) is 4.77. The molecule has 0 spiro atoms. The van der Waals surface area contributed by atoms with Crippen molar-refractivity contribution in [3.05, 3.63) is 89.6 Å². The summed E-state index contributed by atoms with van der Waals surface area (Å²) in [6.07, 6.45) is 3.13. The number of anilines is 4. The summed E-state index contributed by atoms with van der Waals surface area (Å²) in [5, 5.41) is 15.4. The lowest BCUT2D eigenvalue weighted by Gasteiger charge is -2.15. The summed E-state index contributed by atoms with van der Waals surface area (Å²) < 4.78 is 13.5. The molecule has 31 heavy (non-hydrogen) atoms. The fourth-order valence-corrected chi connectivity index (χ4v) is 3.28. The maximum Gasteiger partial charge on any atom is 0.229 e. The molecule has 2 heterocycles. The molecular weight excluding hydrogens is 391 g/mol. The Hall–Kier alpha value is -4.31. The van der Waals surface area contributed by atoms with Gasteiger partial charge in [0.25, 0.3) is 0 Å². The standard InChI is InChI=1S/C24H19FN6/c1-15-11-19(18-7-9-27-21(25)13-18)12-16(2)23(15)30-22-8-10-28-24(31-22)29-20-5-3-17(14-26)4-6-20/h3-13H,1-2H3,(H2,28,29,30,31). The predicted molar refractivity (Wildman–Crippen MR) is 119 cm³/mol. The molecule has 0 fully saturated rings. The molecule has 7 heteroatoms. The molecule has 0 unspecified atom stereocenters. The van der Waals surface area contributed by atoms with Crippen molar-refractivity contribution in [2.75, 3.05) is 10.6 Å². The van der Waals surface area contributed by atoms with Crippen LogP contribution in [0.5, 0.6) is 0 Å². The molecule has 0 saturated heterocycles. The first kappa shape index (κ1) is 20.0. The molecule has 2 aromatic carbocycles. The van der Waals surface area contributed by atoms with Gasteiger partial charge in [0.15, 0.2) is 0 Å². The van der Waals surface area contributed by atoms with Crippen LogP contribution in [0.2, 0.25) is 0 Å². The first-order valence-electron chi connectivity index (χ1n) is 9.62. The second-order valence-electron chi connectivity index (χ2n) is 7.06. The number of halogens is 1. The summed E-state index contributed by atoms with van der Waals surface area (Å²) >= 11 is 0. The van der Waals surface area contributed by atoms with Crippen LogP contribution >= 0.6 is 0 Å². The number of nitrogens with zero attached hydrogens (tertiary/aromatic N) is 4. The number of aryl methyl sites for hydroxylation is 2. The van der Waals surface area contributed by atoms with E-state index in [1.54, 1.807) is 42.6 Å². The van der Waals surface area contributed by atoms with E-state index in [0.29, 0.717) is 17.3 Å². The predicted octanol–water partition coefficient (Wildman–Crippen LogP) is 5.65. The molecule has 0 amide bonds. The van der Waals surface area contributed by atoms with Crippen molar-refractivity contribution in [1.82, 2.24) is 15.0 Å². The highest BCUT2D eigenvalue weighted by Gasteiger charge is 2.09. The quantitative estimate of drug-likeness (QED) is 0.413. The smallest absolute Gasteiger partial charge is 0.229 e. The third-order valence-corrected chi connectivity index (χ3v) is 4.77. The van der Waals surface area contributed by atoms with E-state index in [-0.39, 0.29) is 0 Å². The lowest BCUT2D eigenvalue weighted by Crippen LogP contribution is -2.02. The van der Waals surface area contributed by atoms with Gasteiger partial charge in [-0.2, -0.15) is 14.6 Å². The number of nitrogens with one attached hydrogen (secondary N) is 2. The lowest BCUT2D eigenvalue weighted by atomic mass is 9.99. The van der Waals surface area contributed by atoms with Gasteiger partial charge in [0, 0.05) is 29.8 Å². The number of benzene rings is 2. The Kier molecular flexibility index (Phi) is 5.54. The van der Waals surface area contributed by atoms with Gasteiger partial charge in [-0.05, 0) is 84.6 Å². The summed E-state index contributed by atoms with van der Waals surface area (Å²) in [7, 11) is 0. The van der Waals surface area contributed by atoms with Crippen LogP contribution in [0.25, 0.3) is 11.1 Å². The maximum absolute atomic E-state index is 13.5. The van der Waals surface area contributed by atoms with Gasteiger partial charge in [0.1, 0.15) is 5.82 Å². The second-order valence-corrected chi connectivity index (χ2v) is 7.06. The normalized spacial score (nSPS) is 10.4. The average Bonchev–Trinajstić information content (AvgIpc) is 2.77. The molecule has 6 nitrogen and oxygen atoms in total. The highest BCUT2D eigenvalue weighted by Crippen LogP contribution is 2.30. The van der Waals surface area contributed by atoms with Crippen LogP contribution in [0.15, 0.2) is 67.0 Å². The van der Waals surface area contributed by atoms with Crippen molar-refractivity contribution in [3.8, 4) is 17.2 Å². The van der Waals surface area contributed by atoms with Crippen molar-refractivity contribution in [2.45, 2.75) is 13.8 Å². The highest BCUT2D eigenvalue weighted by molar-refractivity contribution is 5.73. The van der Waals surface area contributed by atoms with Gasteiger partial charge < -0.3 is 10.6 Å². The molecule has 0 atom stereocenters. The third kappa shape index (κ3) is 4.65. The van der Waals surface area contributed by atoms with Crippen molar-refractivity contribution < 1.29 is 4.39 Å². The lowest BCUT2D eigenvalue weighted by molar-refractivity contribution is 0.584. The molecule has 0 saturated carbocycles. The minimum absolute atomic E-state index is 0.439. The molecule has 0 aliphatic heterocycles. The minimum atomic E-state index is -0.502. The molecule has 0 bridgehead atoms. The van der Waals surface area contributed by atoms with Crippen LogP contribution in [-0.2, 0) is 0 Å². The van der Waals surface area contributed by atoms with Gasteiger partial charge in [0.05, 0.1) is 11.6 Å².